The Bertz CT molecular complexity index is 665. The van der Waals surface area contributed by atoms with Crippen LogP contribution in [0.5, 0.6) is 0 Å². The van der Waals surface area contributed by atoms with Gasteiger partial charge < -0.3 is 14.9 Å². The molecule has 0 spiro atoms. The van der Waals surface area contributed by atoms with Crippen LogP contribution in [0.25, 0.3) is 0 Å². The molecule has 1 aromatic rings. The van der Waals surface area contributed by atoms with E-state index in [1.807, 2.05) is 30.3 Å². The van der Waals surface area contributed by atoms with E-state index < -0.39 is 31.6 Å². The molecule has 0 aromatic heterocycles. The Labute approximate surface area is 153 Å². The van der Waals surface area contributed by atoms with Gasteiger partial charge in [0.25, 0.3) is 5.91 Å². The minimum absolute atomic E-state index is 0.0280. The first-order valence-electron chi connectivity index (χ1n) is 8.87. The van der Waals surface area contributed by atoms with Crippen molar-refractivity contribution in [2.75, 3.05) is 12.7 Å². The normalized spacial score (nSPS) is 20.5. The van der Waals surface area contributed by atoms with Crippen LogP contribution in [-0.4, -0.2) is 51.6 Å². The van der Waals surface area contributed by atoms with Gasteiger partial charge in [-0.3, -0.25) is 13.9 Å². The third kappa shape index (κ3) is 5.94. The zero-order valence-electron chi connectivity index (χ0n) is 14.9. The lowest BCUT2D eigenvalue weighted by molar-refractivity contribution is -0.151. The number of rotatable bonds is 9. The van der Waals surface area contributed by atoms with Crippen molar-refractivity contribution in [1.29, 1.82) is 0 Å². The van der Waals surface area contributed by atoms with Gasteiger partial charge in [0, 0.05) is 6.54 Å². The lowest BCUT2D eigenvalue weighted by Crippen LogP contribution is -2.45. The Morgan fingerprint density at radius 2 is 2.00 bits per heavy atom. The van der Waals surface area contributed by atoms with Crippen LogP contribution in [0.4, 0.5) is 0 Å². The summed E-state index contributed by atoms with van der Waals surface area (Å²) in [6, 6.07) is 8.97. The molecule has 1 saturated heterocycles. The van der Waals surface area contributed by atoms with Crippen LogP contribution >= 0.6 is 7.60 Å². The topological polar surface area (TPSA) is 104 Å². The molecule has 0 radical (unpaired) electrons. The van der Waals surface area contributed by atoms with Crippen LogP contribution in [0.1, 0.15) is 38.2 Å². The van der Waals surface area contributed by atoms with Crippen molar-refractivity contribution in [1.82, 2.24) is 4.90 Å². The number of hydrogen-bond acceptors (Lipinski definition) is 4. The number of carboxylic acid groups (broad SMARTS) is 1. The van der Waals surface area contributed by atoms with E-state index in [0.717, 1.165) is 12.8 Å². The molecule has 8 heteroatoms. The summed E-state index contributed by atoms with van der Waals surface area (Å²) in [7, 11) is -3.90. The molecule has 1 fully saturated rings. The Morgan fingerprint density at radius 3 is 2.65 bits per heavy atom. The van der Waals surface area contributed by atoms with Crippen molar-refractivity contribution < 1.29 is 28.7 Å². The van der Waals surface area contributed by atoms with E-state index in [9.17, 15) is 19.0 Å². The van der Waals surface area contributed by atoms with Crippen molar-refractivity contribution in [2.45, 2.75) is 51.2 Å². The van der Waals surface area contributed by atoms with Gasteiger partial charge in [-0.2, -0.15) is 0 Å². The maximum absolute atomic E-state index is 12.4. The fraction of sp³-hybridized carbons (Fsp3) is 0.556. The fourth-order valence-electron chi connectivity index (χ4n) is 3.15. The molecule has 1 unspecified atom stereocenters. The van der Waals surface area contributed by atoms with Crippen LogP contribution in [0.3, 0.4) is 0 Å². The molecule has 1 aromatic carbocycles. The van der Waals surface area contributed by atoms with E-state index in [4.69, 9.17) is 9.63 Å². The zero-order chi connectivity index (χ0) is 19.2. The molecule has 1 aliphatic heterocycles. The second-order valence-corrected chi connectivity index (χ2v) is 8.51. The van der Waals surface area contributed by atoms with Crippen LogP contribution in [0, 0.1) is 0 Å². The van der Waals surface area contributed by atoms with Crippen LogP contribution in [0.2, 0.25) is 0 Å². The molecule has 0 bridgehead atoms. The first-order chi connectivity index (χ1) is 12.3. The largest absolute Gasteiger partial charge is 0.480 e. The van der Waals surface area contributed by atoms with E-state index in [1.165, 1.54) is 17.4 Å². The maximum Gasteiger partial charge on any atom is 0.328 e. The van der Waals surface area contributed by atoms with Gasteiger partial charge in [0.2, 0.25) is 0 Å². The summed E-state index contributed by atoms with van der Waals surface area (Å²) < 4.78 is 17.3. The van der Waals surface area contributed by atoms with E-state index in [1.54, 1.807) is 0 Å². The third-order valence-electron chi connectivity index (χ3n) is 4.49. The van der Waals surface area contributed by atoms with Gasteiger partial charge in [0.15, 0.2) is 0 Å². The Balaban J connectivity index is 1.79. The van der Waals surface area contributed by atoms with E-state index in [2.05, 4.69) is 0 Å². The van der Waals surface area contributed by atoms with Crippen LogP contribution in [0.15, 0.2) is 30.3 Å². The summed E-state index contributed by atoms with van der Waals surface area (Å²) in [5.41, 5.74) is 1.17. The molecule has 0 saturated carbocycles. The van der Waals surface area contributed by atoms with Gasteiger partial charge in [0.1, 0.15) is 12.1 Å². The molecule has 144 valence electrons. The molecule has 0 aliphatic carbocycles. The van der Waals surface area contributed by atoms with Crippen molar-refractivity contribution in [3.8, 4) is 0 Å². The summed E-state index contributed by atoms with van der Waals surface area (Å²) in [4.78, 5) is 34.8. The van der Waals surface area contributed by atoms with Gasteiger partial charge in [-0.05, 0) is 44.6 Å². The minimum Gasteiger partial charge on any atom is -0.480 e. The van der Waals surface area contributed by atoms with Gasteiger partial charge in [0.05, 0.1) is 6.16 Å². The highest BCUT2D eigenvalue weighted by atomic mass is 31.2. The number of nitrogens with zero attached hydrogens (tertiary/aromatic N) is 1. The highest BCUT2D eigenvalue weighted by Crippen LogP contribution is 2.44. The van der Waals surface area contributed by atoms with Crippen molar-refractivity contribution in [2.24, 2.45) is 0 Å². The minimum atomic E-state index is -3.90. The predicted octanol–water partition coefficient (Wildman–Crippen LogP) is 2.68. The number of likely N-dealkylation sites (tertiary alicyclic amines) is 1. The molecular formula is C18H26NO6P. The molecule has 26 heavy (non-hydrogen) atoms. The number of aliphatic carboxylic acids is 1. The highest BCUT2D eigenvalue weighted by molar-refractivity contribution is 7.52. The van der Waals surface area contributed by atoms with Crippen molar-refractivity contribution >= 4 is 19.5 Å². The highest BCUT2D eigenvalue weighted by Gasteiger charge is 2.38. The van der Waals surface area contributed by atoms with E-state index in [0.29, 0.717) is 25.8 Å². The number of amides is 1. The maximum atomic E-state index is 12.4. The van der Waals surface area contributed by atoms with Crippen molar-refractivity contribution in [3.63, 3.8) is 0 Å². The second kappa shape index (κ2) is 9.31. The molecule has 1 heterocycles. The number of carboxylic acids is 1. The average Bonchev–Trinajstić information content (AvgIpc) is 3.08. The number of hydrogen-bond donors (Lipinski definition) is 2. The quantitative estimate of drug-likeness (QED) is 0.502. The van der Waals surface area contributed by atoms with Gasteiger partial charge >= 0.3 is 13.6 Å². The fourth-order valence-corrected chi connectivity index (χ4v) is 4.46. The lowest BCUT2D eigenvalue weighted by atomic mass is 10.1. The molecular weight excluding hydrogens is 357 g/mol. The average molecular weight is 383 g/mol. The Hall–Kier alpha value is -1.69. The smallest absolute Gasteiger partial charge is 0.328 e. The van der Waals surface area contributed by atoms with Gasteiger partial charge in [-0.25, -0.2) is 4.79 Å². The van der Waals surface area contributed by atoms with Crippen molar-refractivity contribution in [3.05, 3.63) is 35.9 Å². The standard InChI is InChI=1S/C18H26NO6P/c1-14(17(20)19-12-7-11-16(19)18(21)22)25-26(23,24)13-6-5-10-15-8-3-2-4-9-15/h2-4,8-9,14,16H,5-7,10-13H2,1H3,(H,21,22)(H,23,24)/t14-,16-/m0/s1. The summed E-state index contributed by atoms with van der Waals surface area (Å²) in [5.74, 6) is -1.61. The first kappa shape index (κ1) is 20.6. The molecule has 7 nitrogen and oxygen atoms in total. The zero-order valence-corrected chi connectivity index (χ0v) is 15.8. The third-order valence-corrected chi connectivity index (χ3v) is 6.02. The number of unbranched alkanes of at least 4 members (excludes halogenated alkanes) is 1. The first-order valence-corrected chi connectivity index (χ1v) is 10.6. The SMILES string of the molecule is C[C@H](OP(=O)(O)CCCCc1ccccc1)C(=O)N1CCC[C@H]1C(=O)O. The van der Waals surface area contributed by atoms with Gasteiger partial charge in [-0.15, -0.1) is 0 Å². The Kier molecular flexibility index (Phi) is 7.38. The molecule has 2 rings (SSSR count). The summed E-state index contributed by atoms with van der Waals surface area (Å²) in [6.07, 6.45) is 1.89. The summed E-state index contributed by atoms with van der Waals surface area (Å²) in [6.45, 7) is 1.72. The number of aryl methyl sites for hydroxylation is 1. The summed E-state index contributed by atoms with van der Waals surface area (Å²) in [5, 5.41) is 9.15. The molecule has 2 N–H and O–H groups in total. The van der Waals surface area contributed by atoms with E-state index >= 15 is 0 Å². The molecule has 1 amide bonds. The number of carbonyl (C=O) groups is 2. The van der Waals surface area contributed by atoms with E-state index in [-0.39, 0.29) is 6.16 Å². The lowest BCUT2D eigenvalue weighted by Gasteiger charge is -2.26. The molecule has 1 aliphatic rings. The monoisotopic (exact) mass is 383 g/mol. The number of benzene rings is 1. The second-order valence-electron chi connectivity index (χ2n) is 6.58. The van der Waals surface area contributed by atoms with Crippen LogP contribution in [-0.2, 0) is 25.1 Å². The Morgan fingerprint density at radius 1 is 1.31 bits per heavy atom. The van der Waals surface area contributed by atoms with Gasteiger partial charge in [-0.1, -0.05) is 30.3 Å². The molecule has 3 atom stereocenters. The predicted molar refractivity (Wildman–Crippen MR) is 97.0 cm³/mol. The van der Waals surface area contributed by atoms with Crippen LogP contribution < -0.4 is 0 Å². The summed E-state index contributed by atoms with van der Waals surface area (Å²) >= 11 is 0. The number of carbonyl (C=O) groups excluding carboxylic acids is 1.